The lowest BCUT2D eigenvalue weighted by Crippen LogP contribution is -2.09. The molecule has 0 amide bonds. The van der Waals surface area contributed by atoms with Crippen LogP contribution >= 0.6 is 0 Å². The number of aromatic nitrogens is 1. The van der Waals surface area contributed by atoms with Gasteiger partial charge in [0.2, 0.25) is 5.78 Å². The summed E-state index contributed by atoms with van der Waals surface area (Å²) < 4.78 is 13.2. The Hall–Kier alpha value is -2.54. The molecule has 1 atom stereocenters. The summed E-state index contributed by atoms with van der Waals surface area (Å²) >= 11 is 0. The lowest BCUT2D eigenvalue weighted by atomic mass is 9.98. The number of ketones is 1. The van der Waals surface area contributed by atoms with Crippen LogP contribution in [0.2, 0.25) is 0 Å². The Bertz CT molecular complexity index is 837. The summed E-state index contributed by atoms with van der Waals surface area (Å²) in [5.41, 5.74) is 3.99. The molecule has 1 aromatic carbocycles. The molecular formula is C21H25FN2O. The van der Waals surface area contributed by atoms with Crippen molar-refractivity contribution in [3.8, 4) is 12.3 Å². The van der Waals surface area contributed by atoms with Gasteiger partial charge >= 0.3 is 0 Å². The van der Waals surface area contributed by atoms with Crippen molar-refractivity contribution < 1.29 is 9.18 Å². The highest BCUT2D eigenvalue weighted by Crippen LogP contribution is 2.24. The molecule has 0 radical (unpaired) electrons. The number of H-pyrrole nitrogens is 1. The number of halogens is 1. The first-order chi connectivity index (χ1) is 11.8. The van der Waals surface area contributed by atoms with Crippen LogP contribution in [-0.2, 0) is 12.8 Å². The zero-order chi connectivity index (χ0) is 18.6. The quantitative estimate of drug-likeness (QED) is 0.464. The number of aromatic amines is 1. The first kappa shape index (κ1) is 18.8. The van der Waals surface area contributed by atoms with E-state index in [0.29, 0.717) is 24.1 Å². The first-order valence-corrected chi connectivity index (χ1v) is 8.53. The molecule has 0 aliphatic carbocycles. The van der Waals surface area contributed by atoms with Gasteiger partial charge in [0.25, 0.3) is 0 Å². The van der Waals surface area contributed by atoms with Crippen LogP contribution in [0.4, 0.5) is 4.39 Å². The van der Waals surface area contributed by atoms with E-state index in [0.717, 1.165) is 22.9 Å². The number of fused-ring (bicyclic) bond motifs is 1. The van der Waals surface area contributed by atoms with Gasteiger partial charge in [-0.1, -0.05) is 12.8 Å². The largest absolute Gasteiger partial charge is 0.382 e. The number of Topliss-reactive ketones (excluding diaryl/α,β-unsaturated/α-hetero) is 1. The molecule has 1 unspecified atom stereocenters. The van der Waals surface area contributed by atoms with Crippen molar-refractivity contribution in [2.75, 3.05) is 14.1 Å². The predicted molar refractivity (Wildman–Crippen MR) is 102 cm³/mol. The summed E-state index contributed by atoms with van der Waals surface area (Å²) in [5, 5.41) is 0.947. The van der Waals surface area contributed by atoms with Crippen LogP contribution in [0.25, 0.3) is 10.9 Å². The van der Waals surface area contributed by atoms with Gasteiger partial charge in [-0.15, -0.1) is 6.42 Å². The molecule has 1 heterocycles. The molecule has 25 heavy (non-hydrogen) atoms. The maximum atomic E-state index is 13.2. The molecule has 132 valence electrons. The molecule has 2 aromatic rings. The molecule has 0 saturated heterocycles. The number of carbonyl (C=O) groups is 1. The standard InChI is InChI=1S/C21H25FN2O/c1-6-15-11-19-18(10-17(15)9-8-14(3)22)12-20(23-19)21(25)16(7-2)13-24(4)5/h2,10-14,23H,6,8-9H2,1,3-5H3/b16-13+. The van der Waals surface area contributed by atoms with Crippen molar-refractivity contribution in [2.24, 2.45) is 0 Å². The van der Waals surface area contributed by atoms with E-state index < -0.39 is 6.17 Å². The third-order valence-electron chi connectivity index (χ3n) is 4.17. The number of aryl methyl sites for hydroxylation is 2. The number of allylic oxidation sites excluding steroid dienone is 1. The van der Waals surface area contributed by atoms with E-state index in [1.54, 1.807) is 18.0 Å². The van der Waals surface area contributed by atoms with Crippen LogP contribution < -0.4 is 0 Å². The van der Waals surface area contributed by atoms with E-state index in [1.807, 2.05) is 20.2 Å². The van der Waals surface area contributed by atoms with Crippen molar-refractivity contribution in [3.05, 3.63) is 46.8 Å². The number of terminal acetylenes is 1. The highest BCUT2D eigenvalue weighted by molar-refractivity contribution is 6.12. The topological polar surface area (TPSA) is 36.1 Å². The van der Waals surface area contributed by atoms with Crippen LogP contribution in [0, 0.1) is 12.3 Å². The molecule has 0 aliphatic rings. The van der Waals surface area contributed by atoms with Gasteiger partial charge in [0.1, 0.15) is 0 Å². The van der Waals surface area contributed by atoms with Crippen molar-refractivity contribution in [1.82, 2.24) is 9.88 Å². The number of nitrogens with one attached hydrogen (secondary N) is 1. The number of nitrogens with zero attached hydrogens (tertiary/aromatic N) is 1. The van der Waals surface area contributed by atoms with Crippen LogP contribution in [0.3, 0.4) is 0 Å². The molecule has 3 nitrogen and oxygen atoms in total. The van der Waals surface area contributed by atoms with Gasteiger partial charge in [0.05, 0.1) is 17.4 Å². The molecular weight excluding hydrogens is 315 g/mol. The van der Waals surface area contributed by atoms with Gasteiger partial charge in [-0.3, -0.25) is 4.79 Å². The van der Waals surface area contributed by atoms with E-state index in [2.05, 4.69) is 30.0 Å². The molecule has 4 heteroatoms. The molecule has 0 spiro atoms. The Morgan fingerprint density at radius 1 is 1.36 bits per heavy atom. The Labute approximate surface area is 148 Å². The Morgan fingerprint density at radius 3 is 2.64 bits per heavy atom. The van der Waals surface area contributed by atoms with Gasteiger partial charge in [-0.05, 0) is 55.5 Å². The molecule has 0 saturated carbocycles. The van der Waals surface area contributed by atoms with Crippen LogP contribution in [0.1, 0.15) is 41.9 Å². The van der Waals surface area contributed by atoms with Gasteiger partial charge < -0.3 is 9.88 Å². The monoisotopic (exact) mass is 340 g/mol. The first-order valence-electron chi connectivity index (χ1n) is 8.53. The fourth-order valence-electron chi connectivity index (χ4n) is 2.88. The summed E-state index contributed by atoms with van der Waals surface area (Å²) in [6.07, 6.45) is 8.36. The normalized spacial score (nSPS) is 12.9. The number of carbonyl (C=O) groups excluding carboxylic acids is 1. The highest BCUT2D eigenvalue weighted by atomic mass is 19.1. The van der Waals surface area contributed by atoms with Gasteiger partial charge in [-0.25, -0.2) is 4.39 Å². The van der Waals surface area contributed by atoms with E-state index in [1.165, 1.54) is 5.56 Å². The Balaban J connectivity index is 2.42. The molecule has 0 aliphatic heterocycles. The highest BCUT2D eigenvalue weighted by Gasteiger charge is 2.15. The van der Waals surface area contributed by atoms with Gasteiger partial charge in [0.15, 0.2) is 0 Å². The molecule has 0 fully saturated rings. The Morgan fingerprint density at radius 2 is 2.08 bits per heavy atom. The second-order valence-electron chi connectivity index (χ2n) is 6.54. The number of hydrogen-bond acceptors (Lipinski definition) is 2. The third kappa shape index (κ3) is 4.51. The molecule has 0 bridgehead atoms. The molecule has 2 rings (SSSR count). The van der Waals surface area contributed by atoms with Crippen LogP contribution in [0.5, 0.6) is 0 Å². The second kappa shape index (κ2) is 8.02. The number of benzene rings is 1. The minimum Gasteiger partial charge on any atom is -0.382 e. The SMILES string of the molecule is C#C/C(=C\N(C)C)C(=O)c1cc2cc(CCC(C)F)c(CC)cc2[nH]1. The summed E-state index contributed by atoms with van der Waals surface area (Å²) in [6.45, 7) is 3.66. The fraction of sp³-hybridized carbons (Fsp3) is 0.381. The zero-order valence-corrected chi connectivity index (χ0v) is 15.3. The number of hydrogen-bond donors (Lipinski definition) is 1. The smallest absolute Gasteiger partial charge is 0.219 e. The third-order valence-corrected chi connectivity index (χ3v) is 4.17. The fourth-order valence-corrected chi connectivity index (χ4v) is 2.88. The predicted octanol–water partition coefficient (Wildman–Crippen LogP) is 4.28. The second-order valence-corrected chi connectivity index (χ2v) is 6.54. The van der Waals surface area contributed by atoms with Crippen molar-refractivity contribution >= 4 is 16.7 Å². The van der Waals surface area contributed by atoms with Crippen molar-refractivity contribution in [3.63, 3.8) is 0 Å². The summed E-state index contributed by atoms with van der Waals surface area (Å²) in [5.74, 6) is 2.25. The summed E-state index contributed by atoms with van der Waals surface area (Å²) in [7, 11) is 3.64. The van der Waals surface area contributed by atoms with E-state index >= 15 is 0 Å². The van der Waals surface area contributed by atoms with E-state index in [9.17, 15) is 9.18 Å². The lowest BCUT2D eigenvalue weighted by Gasteiger charge is -2.09. The summed E-state index contributed by atoms with van der Waals surface area (Å²) in [6, 6.07) is 5.92. The van der Waals surface area contributed by atoms with Gasteiger partial charge in [-0.2, -0.15) is 0 Å². The number of alkyl halides is 1. The average molecular weight is 340 g/mol. The maximum absolute atomic E-state index is 13.2. The average Bonchev–Trinajstić information content (AvgIpc) is 2.98. The van der Waals surface area contributed by atoms with Crippen molar-refractivity contribution in [2.45, 2.75) is 39.3 Å². The lowest BCUT2D eigenvalue weighted by molar-refractivity contribution is 0.103. The maximum Gasteiger partial charge on any atom is 0.219 e. The minimum absolute atomic E-state index is 0.204. The zero-order valence-electron chi connectivity index (χ0n) is 15.3. The van der Waals surface area contributed by atoms with E-state index in [4.69, 9.17) is 6.42 Å². The van der Waals surface area contributed by atoms with Crippen LogP contribution in [0.15, 0.2) is 30.0 Å². The van der Waals surface area contributed by atoms with E-state index in [-0.39, 0.29) is 5.78 Å². The Kier molecular flexibility index (Phi) is 6.03. The van der Waals surface area contributed by atoms with Crippen molar-refractivity contribution in [1.29, 1.82) is 0 Å². The summed E-state index contributed by atoms with van der Waals surface area (Å²) in [4.78, 5) is 17.5. The van der Waals surface area contributed by atoms with Gasteiger partial charge in [0, 0.05) is 31.2 Å². The molecule has 1 N–H and O–H groups in total. The number of rotatable bonds is 7. The minimum atomic E-state index is -0.821. The van der Waals surface area contributed by atoms with Crippen LogP contribution in [-0.4, -0.2) is 35.9 Å². The molecule has 1 aromatic heterocycles.